The summed E-state index contributed by atoms with van der Waals surface area (Å²) in [6.45, 7) is 2.20. The van der Waals surface area contributed by atoms with Crippen LogP contribution in [0.4, 0.5) is 4.79 Å². The Kier molecular flexibility index (Phi) is 4.66. The number of urea groups is 1. The first-order valence-electron chi connectivity index (χ1n) is 3.30. The van der Waals surface area contributed by atoms with E-state index in [9.17, 15) is 4.79 Å². The number of rotatable bonds is 3. The summed E-state index contributed by atoms with van der Waals surface area (Å²) in [6.07, 6.45) is 0.241. The molecule has 0 aliphatic heterocycles. The Hall–Kier alpha value is -0.770. The first-order valence-corrected chi connectivity index (χ1v) is 3.30. The van der Waals surface area contributed by atoms with E-state index in [-0.39, 0.29) is 12.1 Å². The Morgan fingerprint density at radius 3 is 2.70 bits per heavy atom. The summed E-state index contributed by atoms with van der Waals surface area (Å²) >= 11 is 0. The highest BCUT2D eigenvalue weighted by Crippen LogP contribution is 1.84. The zero-order valence-corrected chi connectivity index (χ0v) is 6.35. The van der Waals surface area contributed by atoms with E-state index in [4.69, 9.17) is 5.11 Å². The molecule has 0 aliphatic carbocycles. The summed E-state index contributed by atoms with van der Waals surface area (Å²) in [7, 11) is 1.55. The van der Waals surface area contributed by atoms with Crippen LogP contribution in [0.25, 0.3) is 0 Å². The third-order valence-corrected chi connectivity index (χ3v) is 1.07. The van der Waals surface area contributed by atoms with Crippen LogP contribution in [0.15, 0.2) is 0 Å². The Morgan fingerprint density at radius 2 is 2.30 bits per heavy atom. The summed E-state index contributed by atoms with van der Waals surface area (Å²) in [5.41, 5.74) is 0. The summed E-state index contributed by atoms with van der Waals surface area (Å²) in [5.74, 6) is 0. The van der Waals surface area contributed by atoms with Crippen molar-refractivity contribution in [1.82, 2.24) is 10.6 Å². The number of hydrogen-bond acceptors (Lipinski definition) is 2. The van der Waals surface area contributed by atoms with Crippen molar-refractivity contribution in [3.05, 3.63) is 0 Å². The predicted octanol–water partition coefficient (Wildman–Crippen LogP) is -0.314. The standard InChI is InChI=1S/C6H14N2O2/c1-5(9)3-4-8-6(10)7-2/h5,9H,3-4H2,1-2H3,(H2,7,8,10). The molecule has 0 aromatic carbocycles. The van der Waals surface area contributed by atoms with E-state index in [1.807, 2.05) is 0 Å². The van der Waals surface area contributed by atoms with Crippen molar-refractivity contribution in [3.63, 3.8) is 0 Å². The second kappa shape index (κ2) is 5.05. The molecular weight excluding hydrogens is 132 g/mol. The smallest absolute Gasteiger partial charge is 0.314 e. The summed E-state index contributed by atoms with van der Waals surface area (Å²) in [5, 5.41) is 13.7. The summed E-state index contributed by atoms with van der Waals surface area (Å²) in [6, 6.07) is -0.208. The Labute approximate surface area is 60.6 Å². The van der Waals surface area contributed by atoms with E-state index in [2.05, 4.69) is 10.6 Å². The molecule has 0 radical (unpaired) electrons. The van der Waals surface area contributed by atoms with Crippen LogP contribution in [0.1, 0.15) is 13.3 Å². The predicted molar refractivity (Wildman–Crippen MR) is 38.8 cm³/mol. The fourth-order valence-electron chi connectivity index (χ4n) is 0.483. The molecule has 0 fully saturated rings. The third-order valence-electron chi connectivity index (χ3n) is 1.07. The monoisotopic (exact) mass is 146 g/mol. The molecule has 0 heterocycles. The minimum Gasteiger partial charge on any atom is -0.393 e. The molecule has 0 aromatic heterocycles. The average Bonchev–Trinajstić information content (AvgIpc) is 1.87. The lowest BCUT2D eigenvalue weighted by atomic mass is 10.3. The van der Waals surface area contributed by atoms with Gasteiger partial charge in [-0.2, -0.15) is 0 Å². The number of amides is 2. The van der Waals surface area contributed by atoms with E-state index in [0.29, 0.717) is 13.0 Å². The zero-order chi connectivity index (χ0) is 7.98. The molecule has 2 amide bonds. The maximum absolute atomic E-state index is 10.5. The summed E-state index contributed by atoms with van der Waals surface area (Å²) in [4.78, 5) is 10.5. The van der Waals surface area contributed by atoms with Gasteiger partial charge in [-0.3, -0.25) is 0 Å². The molecule has 0 spiro atoms. The molecule has 0 aliphatic rings. The number of aliphatic hydroxyl groups excluding tert-OH is 1. The van der Waals surface area contributed by atoms with Gasteiger partial charge in [-0.05, 0) is 13.3 Å². The van der Waals surface area contributed by atoms with Crippen LogP contribution in [0.5, 0.6) is 0 Å². The molecule has 4 heteroatoms. The van der Waals surface area contributed by atoms with Gasteiger partial charge in [-0.15, -0.1) is 0 Å². The van der Waals surface area contributed by atoms with Crippen LogP contribution in [-0.2, 0) is 0 Å². The van der Waals surface area contributed by atoms with Crippen LogP contribution in [-0.4, -0.2) is 30.8 Å². The number of carbonyl (C=O) groups is 1. The molecule has 0 rings (SSSR count). The average molecular weight is 146 g/mol. The quantitative estimate of drug-likeness (QED) is 0.511. The molecule has 60 valence electrons. The van der Waals surface area contributed by atoms with Gasteiger partial charge in [-0.1, -0.05) is 0 Å². The largest absolute Gasteiger partial charge is 0.393 e. The molecular formula is C6H14N2O2. The number of carbonyl (C=O) groups excluding carboxylic acids is 1. The molecule has 0 aromatic rings. The lowest BCUT2D eigenvalue weighted by molar-refractivity contribution is 0.183. The molecule has 3 N–H and O–H groups in total. The van der Waals surface area contributed by atoms with E-state index in [1.54, 1.807) is 14.0 Å². The van der Waals surface area contributed by atoms with Crippen molar-refractivity contribution in [2.45, 2.75) is 19.4 Å². The third kappa shape index (κ3) is 5.37. The fraction of sp³-hybridized carbons (Fsp3) is 0.833. The number of hydrogen-bond donors (Lipinski definition) is 3. The van der Waals surface area contributed by atoms with Crippen molar-refractivity contribution in [2.75, 3.05) is 13.6 Å². The first-order chi connectivity index (χ1) is 4.66. The Morgan fingerprint density at radius 1 is 1.70 bits per heavy atom. The molecule has 4 nitrogen and oxygen atoms in total. The van der Waals surface area contributed by atoms with Gasteiger partial charge in [0.05, 0.1) is 6.10 Å². The maximum Gasteiger partial charge on any atom is 0.314 e. The van der Waals surface area contributed by atoms with Gasteiger partial charge in [0.1, 0.15) is 0 Å². The second-order valence-corrected chi connectivity index (χ2v) is 2.14. The van der Waals surface area contributed by atoms with Gasteiger partial charge in [0.15, 0.2) is 0 Å². The van der Waals surface area contributed by atoms with E-state index < -0.39 is 0 Å². The van der Waals surface area contributed by atoms with Crippen molar-refractivity contribution in [1.29, 1.82) is 0 Å². The molecule has 1 unspecified atom stereocenters. The van der Waals surface area contributed by atoms with Gasteiger partial charge in [-0.25, -0.2) is 4.79 Å². The summed E-state index contributed by atoms with van der Waals surface area (Å²) < 4.78 is 0. The number of nitrogens with one attached hydrogen (secondary N) is 2. The van der Waals surface area contributed by atoms with Gasteiger partial charge in [0, 0.05) is 13.6 Å². The Bertz CT molecular complexity index is 104. The van der Waals surface area contributed by atoms with Gasteiger partial charge >= 0.3 is 6.03 Å². The first kappa shape index (κ1) is 9.23. The second-order valence-electron chi connectivity index (χ2n) is 2.14. The van der Waals surface area contributed by atoms with E-state index in [0.717, 1.165) is 0 Å². The molecule has 10 heavy (non-hydrogen) atoms. The van der Waals surface area contributed by atoms with Crippen LogP contribution in [0.2, 0.25) is 0 Å². The lowest BCUT2D eigenvalue weighted by Gasteiger charge is -2.04. The highest BCUT2D eigenvalue weighted by Gasteiger charge is 1.96. The topological polar surface area (TPSA) is 61.4 Å². The van der Waals surface area contributed by atoms with E-state index in [1.165, 1.54) is 0 Å². The Balaban J connectivity index is 3.12. The minimum atomic E-state index is -0.350. The van der Waals surface area contributed by atoms with Gasteiger partial charge in [0.25, 0.3) is 0 Å². The highest BCUT2D eigenvalue weighted by molar-refractivity contribution is 5.73. The van der Waals surface area contributed by atoms with Crippen molar-refractivity contribution in [3.8, 4) is 0 Å². The van der Waals surface area contributed by atoms with Gasteiger partial charge < -0.3 is 15.7 Å². The van der Waals surface area contributed by atoms with Crippen LogP contribution < -0.4 is 10.6 Å². The SMILES string of the molecule is CNC(=O)NCCC(C)O. The maximum atomic E-state index is 10.5. The van der Waals surface area contributed by atoms with Crippen molar-refractivity contribution >= 4 is 6.03 Å². The highest BCUT2D eigenvalue weighted by atomic mass is 16.3. The minimum absolute atomic E-state index is 0.208. The zero-order valence-electron chi connectivity index (χ0n) is 6.35. The van der Waals surface area contributed by atoms with Crippen LogP contribution in [0.3, 0.4) is 0 Å². The lowest BCUT2D eigenvalue weighted by Crippen LogP contribution is -2.34. The van der Waals surface area contributed by atoms with Gasteiger partial charge in [0.2, 0.25) is 0 Å². The number of aliphatic hydroxyl groups is 1. The fourth-order valence-corrected chi connectivity index (χ4v) is 0.483. The van der Waals surface area contributed by atoms with Crippen molar-refractivity contribution < 1.29 is 9.90 Å². The molecule has 0 saturated heterocycles. The normalized spacial score (nSPS) is 12.3. The molecule has 0 bridgehead atoms. The van der Waals surface area contributed by atoms with Crippen LogP contribution in [0, 0.1) is 0 Å². The van der Waals surface area contributed by atoms with Crippen molar-refractivity contribution in [2.24, 2.45) is 0 Å². The molecule has 1 atom stereocenters. The van der Waals surface area contributed by atoms with Crippen LogP contribution >= 0.6 is 0 Å². The van der Waals surface area contributed by atoms with E-state index >= 15 is 0 Å². The molecule has 0 saturated carbocycles.